The molecule has 10 aromatic rings. The van der Waals surface area contributed by atoms with Gasteiger partial charge in [0.25, 0.3) is 0 Å². The number of nitrogens with zero attached hydrogens (tertiary/aromatic N) is 3. The number of hydrogen-bond acceptors (Lipinski definition) is 2. The summed E-state index contributed by atoms with van der Waals surface area (Å²) >= 11 is 0. The lowest BCUT2D eigenvalue weighted by molar-refractivity contribution is -0.671. The molecular weight excluding hydrogens is 775 g/mol. The van der Waals surface area contributed by atoms with E-state index in [2.05, 4.69) is 225 Å². The molecule has 0 radical (unpaired) electrons. The maximum Gasteiger partial charge on any atom is 0.176 e. The SMILES string of the molecule is Cc1ccc(-c2c(-c3ccc(-c4cccnc4)cc3)c(-c3ccc(C)cc3)c(-c3ccc(-c4ccc[n+](C)c4)cc3)c(-c3ccc(C)cc3)c2-c2ccc(-c3cccnc3)cc2)cc1. The van der Waals surface area contributed by atoms with Gasteiger partial charge in [0.15, 0.2) is 12.4 Å². The molecule has 3 heterocycles. The summed E-state index contributed by atoms with van der Waals surface area (Å²) in [4.78, 5) is 8.90. The van der Waals surface area contributed by atoms with Gasteiger partial charge in [0, 0.05) is 36.4 Å². The molecular formula is C61H48N3+. The number of pyridine rings is 3. The third-order valence-electron chi connectivity index (χ3n) is 12.3. The Hall–Kier alpha value is -8.01. The van der Waals surface area contributed by atoms with Gasteiger partial charge in [-0.25, -0.2) is 4.57 Å². The molecule has 3 aromatic heterocycles. The van der Waals surface area contributed by atoms with Crippen molar-refractivity contribution in [1.29, 1.82) is 0 Å². The minimum Gasteiger partial charge on any atom is -0.264 e. The van der Waals surface area contributed by atoms with E-state index in [-0.39, 0.29) is 0 Å². The minimum atomic E-state index is 1.09. The predicted octanol–water partition coefficient (Wildman–Crippen LogP) is 15.2. The van der Waals surface area contributed by atoms with Crippen LogP contribution in [0.1, 0.15) is 16.7 Å². The van der Waals surface area contributed by atoms with Gasteiger partial charge in [-0.1, -0.05) is 174 Å². The molecule has 3 nitrogen and oxygen atoms in total. The van der Waals surface area contributed by atoms with Crippen LogP contribution in [0.15, 0.2) is 219 Å². The molecule has 306 valence electrons. The molecule has 64 heavy (non-hydrogen) atoms. The van der Waals surface area contributed by atoms with Crippen LogP contribution in [0.2, 0.25) is 0 Å². The third kappa shape index (κ3) is 7.96. The first-order valence-corrected chi connectivity index (χ1v) is 21.9. The molecule has 0 atom stereocenters. The van der Waals surface area contributed by atoms with Crippen molar-refractivity contribution in [3.63, 3.8) is 0 Å². The lowest BCUT2D eigenvalue weighted by Crippen LogP contribution is -2.26. The van der Waals surface area contributed by atoms with Gasteiger partial charge in [0.1, 0.15) is 7.05 Å². The number of aromatic nitrogens is 3. The molecule has 0 bridgehead atoms. The Balaban J connectivity index is 1.38. The van der Waals surface area contributed by atoms with E-state index in [1.165, 1.54) is 61.2 Å². The van der Waals surface area contributed by atoms with Gasteiger partial charge >= 0.3 is 0 Å². The Morgan fingerprint density at radius 1 is 0.281 bits per heavy atom. The lowest BCUT2D eigenvalue weighted by atomic mass is 9.74. The van der Waals surface area contributed by atoms with Crippen molar-refractivity contribution < 1.29 is 4.57 Å². The van der Waals surface area contributed by atoms with E-state index in [1.807, 2.05) is 36.9 Å². The number of aryl methyl sites for hydroxylation is 4. The Bertz CT molecular complexity index is 3060. The largest absolute Gasteiger partial charge is 0.264 e. The summed E-state index contributed by atoms with van der Waals surface area (Å²) in [5.74, 6) is 0. The van der Waals surface area contributed by atoms with Crippen molar-refractivity contribution in [3.8, 4) is 100 Å². The molecule has 0 saturated heterocycles. The smallest absolute Gasteiger partial charge is 0.176 e. The van der Waals surface area contributed by atoms with Gasteiger partial charge in [-0.3, -0.25) is 9.97 Å². The molecule has 3 heteroatoms. The minimum absolute atomic E-state index is 1.09. The zero-order chi connectivity index (χ0) is 43.6. The van der Waals surface area contributed by atoms with Crippen LogP contribution in [-0.4, -0.2) is 9.97 Å². The van der Waals surface area contributed by atoms with Crippen LogP contribution in [0.25, 0.3) is 100 Å². The van der Waals surface area contributed by atoms with Crippen LogP contribution in [-0.2, 0) is 7.05 Å². The van der Waals surface area contributed by atoms with Gasteiger partial charge in [-0.2, -0.15) is 0 Å². The normalized spacial score (nSPS) is 11.1. The van der Waals surface area contributed by atoms with Crippen LogP contribution in [0.4, 0.5) is 0 Å². The summed E-state index contributed by atoms with van der Waals surface area (Å²) in [5.41, 5.74) is 24.4. The van der Waals surface area contributed by atoms with E-state index < -0.39 is 0 Å². The molecule has 0 spiro atoms. The lowest BCUT2D eigenvalue weighted by Gasteiger charge is -2.29. The van der Waals surface area contributed by atoms with Crippen molar-refractivity contribution in [1.82, 2.24) is 9.97 Å². The molecule has 7 aromatic carbocycles. The van der Waals surface area contributed by atoms with Gasteiger partial charge in [-0.05, 0) is 134 Å². The van der Waals surface area contributed by atoms with Crippen LogP contribution in [0, 0.1) is 20.8 Å². The van der Waals surface area contributed by atoms with Crippen LogP contribution >= 0.6 is 0 Å². The number of hydrogen-bond donors (Lipinski definition) is 0. The molecule has 0 aliphatic rings. The van der Waals surface area contributed by atoms with Crippen molar-refractivity contribution in [2.45, 2.75) is 20.8 Å². The third-order valence-corrected chi connectivity index (χ3v) is 12.3. The summed E-state index contributed by atoms with van der Waals surface area (Å²) < 4.78 is 2.11. The second kappa shape index (κ2) is 17.4. The maximum absolute atomic E-state index is 4.45. The molecule has 0 unspecified atom stereocenters. The Labute approximate surface area is 376 Å². The van der Waals surface area contributed by atoms with Crippen molar-refractivity contribution in [2.75, 3.05) is 0 Å². The highest BCUT2D eigenvalue weighted by Gasteiger charge is 2.29. The monoisotopic (exact) mass is 822 g/mol. The second-order valence-corrected chi connectivity index (χ2v) is 16.8. The van der Waals surface area contributed by atoms with Gasteiger partial charge in [0.05, 0.1) is 0 Å². The maximum atomic E-state index is 4.45. The van der Waals surface area contributed by atoms with E-state index in [1.54, 1.807) is 0 Å². The zero-order valence-corrected chi connectivity index (χ0v) is 36.6. The van der Waals surface area contributed by atoms with E-state index in [4.69, 9.17) is 0 Å². The quantitative estimate of drug-likeness (QED) is 0.136. The van der Waals surface area contributed by atoms with Gasteiger partial charge in [-0.15, -0.1) is 0 Å². The molecule has 0 amide bonds. The zero-order valence-electron chi connectivity index (χ0n) is 36.6. The molecule has 0 fully saturated rings. The fourth-order valence-corrected chi connectivity index (χ4v) is 8.96. The standard InChI is InChI=1S/C61H48N3/c1-41-11-17-47(18-12-41)56-59(50-29-23-44(24-30-50)53-8-5-35-62-38-53)57(48-19-13-42(2)14-20-48)61(52-33-27-46(28-34-52)55-10-7-37-64(4)40-55)58(49-21-15-43(3)16-22-49)60(56)51-31-25-45(26-32-51)54-9-6-36-63-39-54/h5-40H,1-4H3/q+1. The fourth-order valence-electron chi connectivity index (χ4n) is 8.96. The average Bonchev–Trinajstić information content (AvgIpc) is 3.35. The summed E-state index contributed by atoms with van der Waals surface area (Å²) in [7, 11) is 2.07. The number of rotatable bonds is 9. The molecule has 10 rings (SSSR count). The number of benzene rings is 7. The van der Waals surface area contributed by atoms with E-state index in [0.29, 0.717) is 0 Å². The second-order valence-electron chi connectivity index (χ2n) is 16.8. The van der Waals surface area contributed by atoms with Crippen LogP contribution in [0.5, 0.6) is 0 Å². The van der Waals surface area contributed by atoms with E-state index in [0.717, 1.165) is 55.6 Å². The molecule has 0 aliphatic heterocycles. The average molecular weight is 823 g/mol. The fraction of sp³-hybridized carbons (Fsp3) is 0.0656. The summed E-state index contributed by atoms with van der Waals surface area (Å²) in [6.07, 6.45) is 11.8. The summed E-state index contributed by atoms with van der Waals surface area (Å²) in [6.45, 7) is 6.50. The molecule has 0 saturated carbocycles. The van der Waals surface area contributed by atoms with Crippen molar-refractivity contribution in [3.05, 3.63) is 236 Å². The molecule has 0 aliphatic carbocycles. The first kappa shape index (κ1) is 40.1. The Morgan fingerprint density at radius 3 is 0.828 bits per heavy atom. The van der Waals surface area contributed by atoms with Crippen LogP contribution < -0.4 is 4.57 Å². The van der Waals surface area contributed by atoms with E-state index in [9.17, 15) is 0 Å². The summed E-state index contributed by atoms with van der Waals surface area (Å²) in [6, 6.07) is 67.2. The Morgan fingerprint density at radius 2 is 0.547 bits per heavy atom. The van der Waals surface area contributed by atoms with E-state index >= 15 is 0 Å². The van der Waals surface area contributed by atoms with Crippen molar-refractivity contribution >= 4 is 0 Å². The highest BCUT2D eigenvalue weighted by molar-refractivity contribution is 6.15. The van der Waals surface area contributed by atoms with Crippen molar-refractivity contribution in [2.24, 2.45) is 7.05 Å². The summed E-state index contributed by atoms with van der Waals surface area (Å²) in [5, 5.41) is 0. The highest BCUT2D eigenvalue weighted by atomic mass is 14.9. The van der Waals surface area contributed by atoms with Gasteiger partial charge in [0.2, 0.25) is 0 Å². The predicted molar refractivity (Wildman–Crippen MR) is 266 cm³/mol. The molecule has 0 N–H and O–H groups in total. The topological polar surface area (TPSA) is 29.7 Å². The first-order chi connectivity index (χ1) is 31.4. The Kier molecular flexibility index (Phi) is 10.9. The van der Waals surface area contributed by atoms with Crippen LogP contribution in [0.3, 0.4) is 0 Å². The first-order valence-electron chi connectivity index (χ1n) is 21.9. The highest BCUT2D eigenvalue weighted by Crippen LogP contribution is 2.56. The van der Waals surface area contributed by atoms with Gasteiger partial charge < -0.3 is 0 Å².